The van der Waals surface area contributed by atoms with E-state index in [4.69, 9.17) is 19.2 Å². The molecule has 3 aromatic rings. The molecule has 3 aliphatic rings. The Bertz CT molecular complexity index is 2060. The molecule has 5 atom stereocenters. The van der Waals surface area contributed by atoms with Crippen molar-refractivity contribution in [2.24, 2.45) is 11.3 Å². The van der Waals surface area contributed by atoms with Gasteiger partial charge in [-0.3, -0.25) is 24.3 Å². The van der Waals surface area contributed by atoms with Gasteiger partial charge in [-0.15, -0.1) is 6.58 Å². The van der Waals surface area contributed by atoms with Crippen molar-refractivity contribution in [2.45, 2.75) is 102 Å². The standard InChI is InChI=1S/C39H51N7O8S/c1-9-23-19-39(23,35(48)45-55(50,51)26-14-15-26)42-20-24-18-25(22-46(24)34(47)32(37(2,3)4)44-36(49)54-38(5,6)7)53-33-28-13-11-10-12-27(28)31(52-8)30(43-33)29-21-40-16-17-41-29/h9-13,16-17,21,23-26,32,42H,1,14-15,18-20,22H2,2-8H3,(H,44,49)(H,45,48)/t23?,24-,25+,32+,39+/m0/s1. The van der Waals surface area contributed by atoms with Crippen LogP contribution >= 0.6 is 0 Å². The number of benzene rings is 1. The number of likely N-dealkylation sites (tertiary alicyclic amines) is 1. The van der Waals surface area contributed by atoms with Gasteiger partial charge in [0.25, 0.3) is 5.91 Å². The van der Waals surface area contributed by atoms with E-state index in [0.717, 1.165) is 5.39 Å². The van der Waals surface area contributed by atoms with Gasteiger partial charge >= 0.3 is 6.09 Å². The van der Waals surface area contributed by atoms with Gasteiger partial charge in [-0.05, 0) is 51.5 Å². The topological polar surface area (TPSA) is 191 Å². The normalized spacial score (nSPS) is 23.1. The first kappa shape index (κ1) is 39.9. The fourth-order valence-electron chi connectivity index (χ4n) is 7.02. The summed E-state index contributed by atoms with van der Waals surface area (Å²) in [4.78, 5) is 56.5. The van der Waals surface area contributed by atoms with Crippen LogP contribution in [0.5, 0.6) is 11.6 Å². The second-order valence-electron chi connectivity index (χ2n) is 16.6. The zero-order valence-electron chi connectivity index (χ0n) is 32.4. The number of nitrogens with zero attached hydrogens (tertiary/aromatic N) is 4. The van der Waals surface area contributed by atoms with Crippen molar-refractivity contribution in [2.75, 3.05) is 20.2 Å². The summed E-state index contributed by atoms with van der Waals surface area (Å²) in [6.07, 6.45) is 6.73. The van der Waals surface area contributed by atoms with Crippen LogP contribution in [0.15, 0.2) is 55.5 Å². The molecule has 1 saturated heterocycles. The van der Waals surface area contributed by atoms with Crippen molar-refractivity contribution in [3.8, 4) is 23.0 Å². The predicted molar refractivity (Wildman–Crippen MR) is 206 cm³/mol. The maximum Gasteiger partial charge on any atom is 0.408 e. The number of carbonyl (C=O) groups excluding carboxylic acids is 3. The van der Waals surface area contributed by atoms with Crippen molar-refractivity contribution in [3.63, 3.8) is 0 Å². The van der Waals surface area contributed by atoms with E-state index in [0.29, 0.717) is 54.1 Å². The Morgan fingerprint density at radius 2 is 1.80 bits per heavy atom. The summed E-state index contributed by atoms with van der Waals surface area (Å²) in [7, 11) is -2.24. The summed E-state index contributed by atoms with van der Waals surface area (Å²) in [6.45, 7) is 14.9. The summed E-state index contributed by atoms with van der Waals surface area (Å²) in [5, 5.41) is 6.99. The number of methoxy groups -OCH3 is 1. The molecule has 3 heterocycles. The lowest BCUT2D eigenvalue weighted by Crippen LogP contribution is -2.58. The molecule has 2 aliphatic carbocycles. The summed E-state index contributed by atoms with van der Waals surface area (Å²) >= 11 is 0. The number of carbonyl (C=O) groups is 3. The monoisotopic (exact) mass is 777 g/mol. The Balaban J connectivity index is 1.32. The molecule has 6 rings (SSSR count). The average molecular weight is 778 g/mol. The van der Waals surface area contributed by atoms with E-state index >= 15 is 0 Å². The molecule has 0 radical (unpaired) electrons. The van der Waals surface area contributed by atoms with Gasteiger partial charge in [0.05, 0.1) is 25.1 Å². The van der Waals surface area contributed by atoms with Crippen LogP contribution in [0.25, 0.3) is 22.2 Å². The number of rotatable bonds is 13. The number of hydrogen-bond donors (Lipinski definition) is 3. The maximum atomic E-state index is 14.7. The molecule has 3 fully saturated rings. The van der Waals surface area contributed by atoms with Crippen molar-refractivity contribution >= 4 is 38.7 Å². The third kappa shape index (κ3) is 8.70. The number of pyridine rings is 1. The Kier molecular flexibility index (Phi) is 10.9. The van der Waals surface area contributed by atoms with Crippen LogP contribution in [-0.2, 0) is 24.3 Å². The molecule has 0 bridgehead atoms. The third-order valence-electron chi connectivity index (χ3n) is 10.1. The maximum absolute atomic E-state index is 14.7. The van der Waals surface area contributed by atoms with E-state index in [-0.39, 0.29) is 24.9 Å². The van der Waals surface area contributed by atoms with Gasteiger partial charge < -0.3 is 29.7 Å². The van der Waals surface area contributed by atoms with Gasteiger partial charge in [0, 0.05) is 48.1 Å². The van der Waals surface area contributed by atoms with Gasteiger partial charge in [-0.2, -0.15) is 0 Å². The van der Waals surface area contributed by atoms with Gasteiger partial charge in [-0.1, -0.05) is 45.0 Å². The first-order chi connectivity index (χ1) is 25.9. The highest BCUT2D eigenvalue weighted by Crippen LogP contribution is 2.46. The molecule has 3 amide bonds. The highest BCUT2D eigenvalue weighted by atomic mass is 32.2. The fraction of sp³-hybridized carbons (Fsp3) is 0.538. The number of amides is 3. The molecule has 296 valence electrons. The smallest absolute Gasteiger partial charge is 0.408 e. The minimum Gasteiger partial charge on any atom is -0.494 e. The molecule has 1 aliphatic heterocycles. The Morgan fingerprint density at radius 1 is 1.09 bits per heavy atom. The van der Waals surface area contributed by atoms with Crippen LogP contribution < -0.4 is 24.8 Å². The largest absolute Gasteiger partial charge is 0.494 e. The summed E-state index contributed by atoms with van der Waals surface area (Å²) < 4.78 is 45.8. The van der Waals surface area contributed by atoms with Crippen LogP contribution in [0.3, 0.4) is 0 Å². The van der Waals surface area contributed by atoms with E-state index in [2.05, 4.69) is 31.9 Å². The lowest BCUT2D eigenvalue weighted by molar-refractivity contribution is -0.137. The lowest BCUT2D eigenvalue weighted by atomic mass is 9.85. The van der Waals surface area contributed by atoms with Gasteiger partial charge in [0.2, 0.25) is 21.8 Å². The molecular weight excluding hydrogens is 727 g/mol. The first-order valence-corrected chi connectivity index (χ1v) is 20.0. The first-order valence-electron chi connectivity index (χ1n) is 18.5. The Morgan fingerprint density at radius 3 is 2.38 bits per heavy atom. The van der Waals surface area contributed by atoms with E-state index < -0.39 is 62.0 Å². The van der Waals surface area contributed by atoms with Gasteiger partial charge in [0.15, 0.2) is 5.75 Å². The molecule has 2 aromatic heterocycles. The van der Waals surface area contributed by atoms with Crippen LogP contribution in [0, 0.1) is 11.3 Å². The second-order valence-corrected chi connectivity index (χ2v) is 18.5. The molecule has 1 aromatic carbocycles. The number of fused-ring (bicyclic) bond motifs is 1. The fourth-order valence-corrected chi connectivity index (χ4v) is 8.38. The predicted octanol–water partition coefficient (Wildman–Crippen LogP) is 4.13. The zero-order valence-corrected chi connectivity index (χ0v) is 33.2. The van der Waals surface area contributed by atoms with Crippen molar-refractivity contribution in [1.82, 2.24) is 35.2 Å². The third-order valence-corrected chi connectivity index (χ3v) is 11.9. The SMILES string of the molecule is C=CC1C[C@]1(NC[C@@H]1C[C@@H](Oc2nc(-c3cnccn3)c(OC)c3ccccc23)CN1C(=O)[C@@H](NC(=O)OC(C)(C)C)C(C)(C)C)C(=O)NS(=O)(=O)C1CC1. The van der Waals surface area contributed by atoms with Crippen molar-refractivity contribution in [1.29, 1.82) is 0 Å². The number of ether oxygens (including phenoxy) is 3. The Hall–Kier alpha value is -4.83. The van der Waals surface area contributed by atoms with Crippen molar-refractivity contribution in [3.05, 3.63) is 55.5 Å². The van der Waals surface area contributed by atoms with E-state index in [9.17, 15) is 22.8 Å². The molecule has 0 spiro atoms. The number of hydrogen-bond acceptors (Lipinski definition) is 12. The van der Waals surface area contributed by atoms with E-state index in [1.165, 1.54) is 0 Å². The molecule has 15 nitrogen and oxygen atoms in total. The van der Waals surface area contributed by atoms with Crippen LogP contribution in [0.1, 0.15) is 67.2 Å². The minimum atomic E-state index is -3.80. The number of sulfonamides is 1. The number of alkyl carbamates (subject to hydrolysis) is 1. The quantitative estimate of drug-likeness (QED) is 0.211. The highest BCUT2D eigenvalue weighted by molar-refractivity contribution is 7.91. The summed E-state index contributed by atoms with van der Waals surface area (Å²) in [5.41, 5.74) is -1.82. The summed E-state index contributed by atoms with van der Waals surface area (Å²) in [6, 6.07) is 5.99. The number of nitrogens with one attached hydrogen (secondary N) is 3. The molecule has 55 heavy (non-hydrogen) atoms. The van der Waals surface area contributed by atoms with Gasteiger partial charge in [0.1, 0.15) is 34.7 Å². The molecular formula is C39H51N7O8S. The van der Waals surface area contributed by atoms with Gasteiger partial charge in [-0.25, -0.2) is 18.2 Å². The van der Waals surface area contributed by atoms with Crippen molar-refractivity contribution < 1.29 is 37.0 Å². The van der Waals surface area contributed by atoms with E-state index in [1.807, 2.05) is 45.0 Å². The van der Waals surface area contributed by atoms with Crippen LogP contribution in [0.2, 0.25) is 0 Å². The molecule has 2 saturated carbocycles. The summed E-state index contributed by atoms with van der Waals surface area (Å²) in [5.74, 6) is -0.515. The van der Waals surface area contributed by atoms with Crippen LogP contribution in [-0.4, -0.2) is 101 Å². The number of aromatic nitrogens is 3. The molecule has 16 heteroatoms. The second kappa shape index (κ2) is 15.0. The Labute approximate surface area is 322 Å². The lowest BCUT2D eigenvalue weighted by Gasteiger charge is -2.36. The zero-order chi connectivity index (χ0) is 39.9. The highest BCUT2D eigenvalue weighted by Gasteiger charge is 2.60. The average Bonchev–Trinajstić information content (AvgIpc) is 4.05. The molecule has 1 unspecified atom stereocenters. The minimum absolute atomic E-state index is 0.121. The van der Waals surface area contributed by atoms with E-state index in [1.54, 1.807) is 57.4 Å². The molecule has 3 N–H and O–H groups in total. The van der Waals surface area contributed by atoms with Crippen LogP contribution in [0.4, 0.5) is 4.79 Å².